The molecule has 2 nitrogen and oxygen atoms in total. The van der Waals surface area contributed by atoms with Crippen LogP contribution in [0.15, 0.2) is 53.0 Å². The van der Waals surface area contributed by atoms with Crippen molar-refractivity contribution < 1.29 is 9.13 Å². The number of ether oxygens (including phenoxy) is 1. The number of halogens is 2. The molecule has 0 radical (unpaired) electrons. The topological polar surface area (TPSA) is 35.2 Å². The molecule has 0 saturated heterocycles. The minimum atomic E-state index is -0.207. The molecular weight excluding hydrogens is 333 g/mol. The van der Waals surface area contributed by atoms with Gasteiger partial charge in [-0.2, -0.15) is 0 Å². The van der Waals surface area contributed by atoms with Gasteiger partial charge in [0.25, 0.3) is 0 Å². The lowest BCUT2D eigenvalue weighted by atomic mass is 9.97. The van der Waals surface area contributed by atoms with Gasteiger partial charge < -0.3 is 10.5 Å². The average molecular weight is 352 g/mol. The van der Waals surface area contributed by atoms with Crippen LogP contribution >= 0.6 is 15.9 Å². The fourth-order valence-corrected chi connectivity index (χ4v) is 2.54. The first kappa shape index (κ1) is 16.0. The number of benzene rings is 2. The van der Waals surface area contributed by atoms with Crippen LogP contribution < -0.4 is 10.5 Å². The van der Waals surface area contributed by atoms with Gasteiger partial charge in [0, 0.05) is 4.47 Å². The van der Waals surface area contributed by atoms with Gasteiger partial charge in [0.2, 0.25) is 0 Å². The Morgan fingerprint density at radius 3 is 2.57 bits per heavy atom. The third kappa shape index (κ3) is 5.48. The summed E-state index contributed by atoms with van der Waals surface area (Å²) in [6.45, 7) is 1.22. The second-order valence-corrected chi connectivity index (χ2v) is 5.94. The fraction of sp³-hybridized carbons (Fsp3) is 0.294. The van der Waals surface area contributed by atoms with Gasteiger partial charge in [-0.1, -0.05) is 34.1 Å². The number of nitrogens with two attached hydrogens (primary N) is 1. The highest BCUT2D eigenvalue weighted by molar-refractivity contribution is 9.10. The van der Waals surface area contributed by atoms with E-state index in [1.807, 2.05) is 36.4 Å². The molecule has 4 heteroatoms. The molecule has 0 aliphatic heterocycles. The average Bonchev–Trinajstić information content (AvgIpc) is 2.48. The number of hydrogen-bond donors (Lipinski definition) is 1. The summed E-state index contributed by atoms with van der Waals surface area (Å²) < 4.78 is 19.6. The standard InChI is InChI=1S/C17H19BrFNO/c18-15-2-1-3-17(11-15)21-9-8-14(12-20)10-13-4-6-16(19)7-5-13/h1-7,11,14H,8-10,12,20H2. The second kappa shape index (κ2) is 8.15. The summed E-state index contributed by atoms with van der Waals surface area (Å²) in [7, 11) is 0. The zero-order valence-corrected chi connectivity index (χ0v) is 13.4. The zero-order valence-electron chi connectivity index (χ0n) is 11.8. The van der Waals surface area contributed by atoms with E-state index < -0.39 is 0 Å². The maximum atomic E-state index is 12.9. The molecular formula is C17H19BrFNO. The largest absolute Gasteiger partial charge is 0.494 e. The van der Waals surface area contributed by atoms with Crippen LogP contribution in [0, 0.1) is 11.7 Å². The molecule has 0 bridgehead atoms. The summed E-state index contributed by atoms with van der Waals surface area (Å²) >= 11 is 3.42. The first-order valence-corrected chi connectivity index (χ1v) is 7.79. The molecule has 0 aliphatic rings. The van der Waals surface area contributed by atoms with Crippen LogP contribution in [0.25, 0.3) is 0 Å². The first-order valence-electron chi connectivity index (χ1n) is 7.00. The zero-order chi connectivity index (χ0) is 15.1. The van der Waals surface area contributed by atoms with Crippen molar-refractivity contribution in [2.45, 2.75) is 12.8 Å². The molecule has 0 saturated carbocycles. The number of rotatable bonds is 7. The van der Waals surface area contributed by atoms with Crippen LogP contribution in [0.1, 0.15) is 12.0 Å². The van der Waals surface area contributed by atoms with Crippen molar-refractivity contribution >= 4 is 15.9 Å². The SMILES string of the molecule is NCC(CCOc1cccc(Br)c1)Cc1ccc(F)cc1. The Balaban J connectivity index is 1.81. The fourth-order valence-electron chi connectivity index (χ4n) is 2.16. The molecule has 1 unspecified atom stereocenters. The van der Waals surface area contributed by atoms with Crippen LogP contribution in [0.2, 0.25) is 0 Å². The Morgan fingerprint density at radius 2 is 1.90 bits per heavy atom. The Bertz CT molecular complexity index is 559. The van der Waals surface area contributed by atoms with E-state index in [-0.39, 0.29) is 5.82 Å². The highest BCUT2D eigenvalue weighted by atomic mass is 79.9. The van der Waals surface area contributed by atoms with Crippen LogP contribution in [-0.4, -0.2) is 13.2 Å². The molecule has 0 amide bonds. The molecule has 2 aromatic carbocycles. The van der Waals surface area contributed by atoms with E-state index in [0.29, 0.717) is 19.1 Å². The Labute approximate surface area is 133 Å². The van der Waals surface area contributed by atoms with Gasteiger partial charge in [-0.3, -0.25) is 0 Å². The molecule has 0 spiro atoms. The minimum Gasteiger partial charge on any atom is -0.494 e. The van der Waals surface area contributed by atoms with Crippen LogP contribution in [-0.2, 0) is 6.42 Å². The van der Waals surface area contributed by atoms with Crippen molar-refractivity contribution in [2.75, 3.05) is 13.2 Å². The smallest absolute Gasteiger partial charge is 0.123 e. The van der Waals surface area contributed by atoms with E-state index in [4.69, 9.17) is 10.5 Å². The van der Waals surface area contributed by atoms with Crippen molar-refractivity contribution in [3.63, 3.8) is 0 Å². The van der Waals surface area contributed by atoms with Crippen LogP contribution in [0.4, 0.5) is 4.39 Å². The monoisotopic (exact) mass is 351 g/mol. The molecule has 112 valence electrons. The molecule has 0 fully saturated rings. The summed E-state index contributed by atoms with van der Waals surface area (Å²) in [6.07, 6.45) is 1.72. The van der Waals surface area contributed by atoms with E-state index in [1.165, 1.54) is 12.1 Å². The molecule has 1 atom stereocenters. The first-order chi connectivity index (χ1) is 10.2. The predicted octanol–water partition coefficient (Wildman–Crippen LogP) is 4.17. The molecule has 2 aromatic rings. The van der Waals surface area contributed by atoms with Gasteiger partial charge in [0.1, 0.15) is 11.6 Å². The lowest BCUT2D eigenvalue weighted by Gasteiger charge is -2.15. The lowest BCUT2D eigenvalue weighted by Crippen LogP contribution is -2.19. The Hall–Kier alpha value is -1.39. The highest BCUT2D eigenvalue weighted by Gasteiger charge is 2.08. The van der Waals surface area contributed by atoms with Gasteiger partial charge in [-0.25, -0.2) is 4.39 Å². The van der Waals surface area contributed by atoms with Gasteiger partial charge in [0.15, 0.2) is 0 Å². The van der Waals surface area contributed by atoms with Crippen LogP contribution in [0.3, 0.4) is 0 Å². The minimum absolute atomic E-state index is 0.207. The van der Waals surface area contributed by atoms with Gasteiger partial charge in [-0.15, -0.1) is 0 Å². The molecule has 0 heterocycles. The molecule has 0 aliphatic carbocycles. The van der Waals surface area contributed by atoms with Crippen molar-refractivity contribution in [1.82, 2.24) is 0 Å². The maximum Gasteiger partial charge on any atom is 0.123 e. The highest BCUT2D eigenvalue weighted by Crippen LogP contribution is 2.19. The van der Waals surface area contributed by atoms with E-state index >= 15 is 0 Å². The maximum absolute atomic E-state index is 12.9. The summed E-state index contributed by atoms with van der Waals surface area (Å²) in [5, 5.41) is 0. The van der Waals surface area contributed by atoms with Crippen molar-refractivity contribution in [3.05, 3.63) is 64.4 Å². The van der Waals surface area contributed by atoms with E-state index in [9.17, 15) is 4.39 Å². The van der Waals surface area contributed by atoms with Crippen molar-refractivity contribution in [3.8, 4) is 5.75 Å². The summed E-state index contributed by atoms with van der Waals surface area (Å²) in [5.74, 6) is 0.977. The molecule has 2 N–H and O–H groups in total. The second-order valence-electron chi connectivity index (χ2n) is 5.03. The summed E-state index contributed by atoms with van der Waals surface area (Å²) in [4.78, 5) is 0. The summed E-state index contributed by atoms with van der Waals surface area (Å²) in [5.41, 5.74) is 6.92. The van der Waals surface area contributed by atoms with Gasteiger partial charge >= 0.3 is 0 Å². The number of hydrogen-bond acceptors (Lipinski definition) is 2. The van der Waals surface area contributed by atoms with Gasteiger partial charge in [0.05, 0.1) is 6.61 Å². The molecule has 0 aromatic heterocycles. The third-order valence-corrected chi connectivity index (χ3v) is 3.86. The third-order valence-electron chi connectivity index (χ3n) is 3.36. The summed E-state index contributed by atoms with van der Waals surface area (Å²) in [6, 6.07) is 14.4. The van der Waals surface area contributed by atoms with E-state index in [1.54, 1.807) is 0 Å². The van der Waals surface area contributed by atoms with E-state index in [2.05, 4.69) is 15.9 Å². The van der Waals surface area contributed by atoms with Gasteiger partial charge in [-0.05, 0) is 61.2 Å². The quantitative estimate of drug-likeness (QED) is 0.812. The van der Waals surface area contributed by atoms with Crippen LogP contribution in [0.5, 0.6) is 5.75 Å². The van der Waals surface area contributed by atoms with E-state index in [0.717, 1.165) is 28.6 Å². The Kier molecular flexibility index (Phi) is 6.21. The molecule has 2 rings (SSSR count). The van der Waals surface area contributed by atoms with Crippen molar-refractivity contribution in [2.24, 2.45) is 11.7 Å². The predicted molar refractivity (Wildman–Crippen MR) is 86.9 cm³/mol. The lowest BCUT2D eigenvalue weighted by molar-refractivity contribution is 0.278. The molecule has 21 heavy (non-hydrogen) atoms. The normalized spacial score (nSPS) is 12.1. The van der Waals surface area contributed by atoms with Crippen molar-refractivity contribution in [1.29, 1.82) is 0 Å². The Morgan fingerprint density at radius 1 is 1.14 bits per heavy atom.